The monoisotopic (exact) mass is 346 g/mol. The Morgan fingerprint density at radius 2 is 2.09 bits per heavy atom. The summed E-state index contributed by atoms with van der Waals surface area (Å²) in [6, 6.07) is 14.0. The number of anilines is 1. The number of rotatable bonds is 3. The number of benzene rings is 2. The molecule has 23 heavy (non-hydrogen) atoms. The van der Waals surface area contributed by atoms with Crippen LogP contribution in [0, 0.1) is 0 Å². The Balaban J connectivity index is 1.72. The normalized spacial score (nSPS) is 16.3. The molecule has 0 heterocycles. The largest absolute Gasteiger partial charge is 0.497 e. The molecule has 0 unspecified atom stereocenters. The van der Waals surface area contributed by atoms with E-state index >= 15 is 0 Å². The second kappa shape index (κ2) is 7.20. The van der Waals surface area contributed by atoms with Crippen molar-refractivity contribution in [2.24, 2.45) is 0 Å². The number of thiocarbonyl (C=S) groups is 1. The third-order valence-electron chi connectivity index (χ3n) is 4.09. The molecule has 0 amide bonds. The molecule has 3 nitrogen and oxygen atoms in total. The summed E-state index contributed by atoms with van der Waals surface area (Å²) in [5.41, 5.74) is 3.44. The lowest BCUT2D eigenvalue weighted by atomic mass is 9.87. The van der Waals surface area contributed by atoms with Crippen LogP contribution in [0.15, 0.2) is 42.5 Å². The van der Waals surface area contributed by atoms with Crippen LogP contribution in [0.1, 0.15) is 30.0 Å². The Morgan fingerprint density at radius 1 is 1.26 bits per heavy atom. The van der Waals surface area contributed by atoms with Gasteiger partial charge in [0.25, 0.3) is 0 Å². The topological polar surface area (TPSA) is 33.3 Å². The molecule has 0 aliphatic heterocycles. The molecule has 0 spiro atoms. The number of hydrogen-bond acceptors (Lipinski definition) is 2. The molecule has 1 aliphatic carbocycles. The Bertz CT molecular complexity index is 720. The minimum Gasteiger partial charge on any atom is -0.497 e. The number of nitrogens with one attached hydrogen (secondary N) is 2. The van der Waals surface area contributed by atoms with Crippen LogP contribution < -0.4 is 15.4 Å². The molecule has 2 aromatic carbocycles. The first-order valence-corrected chi connectivity index (χ1v) is 8.45. The van der Waals surface area contributed by atoms with Gasteiger partial charge >= 0.3 is 0 Å². The van der Waals surface area contributed by atoms with E-state index in [4.69, 9.17) is 28.6 Å². The van der Waals surface area contributed by atoms with Gasteiger partial charge in [0.1, 0.15) is 5.75 Å². The lowest BCUT2D eigenvalue weighted by Crippen LogP contribution is -2.34. The van der Waals surface area contributed by atoms with Gasteiger partial charge in [0.15, 0.2) is 5.11 Å². The molecule has 0 radical (unpaired) electrons. The first-order valence-electron chi connectivity index (χ1n) is 7.66. The summed E-state index contributed by atoms with van der Waals surface area (Å²) in [4.78, 5) is 0. The van der Waals surface area contributed by atoms with Crippen LogP contribution in [0.3, 0.4) is 0 Å². The van der Waals surface area contributed by atoms with Crippen LogP contribution in [-0.2, 0) is 6.42 Å². The predicted molar refractivity (Wildman–Crippen MR) is 99.5 cm³/mol. The molecule has 3 rings (SSSR count). The fourth-order valence-electron chi connectivity index (χ4n) is 2.95. The first kappa shape index (κ1) is 16.1. The molecule has 2 N–H and O–H groups in total. The maximum absolute atomic E-state index is 6.16. The Hall–Kier alpha value is -1.78. The van der Waals surface area contributed by atoms with Crippen LogP contribution in [-0.4, -0.2) is 12.2 Å². The lowest BCUT2D eigenvalue weighted by Gasteiger charge is -2.28. The van der Waals surface area contributed by atoms with Crippen LogP contribution >= 0.6 is 23.8 Å². The van der Waals surface area contributed by atoms with Crippen molar-refractivity contribution in [3.63, 3.8) is 0 Å². The van der Waals surface area contributed by atoms with E-state index in [9.17, 15) is 0 Å². The van der Waals surface area contributed by atoms with Crippen LogP contribution in [0.5, 0.6) is 5.75 Å². The SMILES string of the molecule is COc1ccc2c(c1)CCC[C@H]2NC(=S)Nc1ccccc1Cl. The van der Waals surface area contributed by atoms with Crippen molar-refractivity contribution in [1.82, 2.24) is 5.32 Å². The first-order chi connectivity index (χ1) is 11.2. The maximum Gasteiger partial charge on any atom is 0.171 e. The average molecular weight is 347 g/mol. The molecule has 0 saturated heterocycles. The summed E-state index contributed by atoms with van der Waals surface area (Å²) in [6.45, 7) is 0. The van der Waals surface area contributed by atoms with Crippen LogP contribution in [0.2, 0.25) is 5.02 Å². The van der Waals surface area contributed by atoms with Crippen molar-refractivity contribution in [2.45, 2.75) is 25.3 Å². The Kier molecular flexibility index (Phi) is 5.03. The summed E-state index contributed by atoms with van der Waals surface area (Å²) in [5.74, 6) is 0.904. The van der Waals surface area contributed by atoms with E-state index in [0.717, 1.165) is 30.7 Å². The molecule has 0 aromatic heterocycles. The molecule has 120 valence electrons. The van der Waals surface area contributed by atoms with Gasteiger partial charge < -0.3 is 15.4 Å². The number of para-hydroxylation sites is 1. The molecular weight excluding hydrogens is 328 g/mol. The van der Waals surface area contributed by atoms with E-state index in [1.165, 1.54) is 11.1 Å². The zero-order chi connectivity index (χ0) is 16.2. The highest BCUT2D eigenvalue weighted by molar-refractivity contribution is 7.80. The number of aryl methyl sites for hydroxylation is 1. The second-order valence-electron chi connectivity index (χ2n) is 5.59. The van der Waals surface area contributed by atoms with Gasteiger partial charge in [-0.2, -0.15) is 0 Å². The fourth-order valence-corrected chi connectivity index (χ4v) is 3.38. The van der Waals surface area contributed by atoms with E-state index in [1.807, 2.05) is 30.3 Å². The second-order valence-corrected chi connectivity index (χ2v) is 6.40. The van der Waals surface area contributed by atoms with Gasteiger partial charge in [-0.05, 0) is 66.9 Å². The highest BCUT2D eigenvalue weighted by atomic mass is 35.5. The third kappa shape index (κ3) is 3.77. The van der Waals surface area contributed by atoms with Gasteiger partial charge in [0.2, 0.25) is 0 Å². The third-order valence-corrected chi connectivity index (χ3v) is 4.64. The van der Waals surface area contributed by atoms with Gasteiger partial charge in [-0.15, -0.1) is 0 Å². The van der Waals surface area contributed by atoms with Crippen molar-refractivity contribution in [3.8, 4) is 5.75 Å². The van der Waals surface area contributed by atoms with Gasteiger partial charge in [-0.3, -0.25) is 0 Å². The van der Waals surface area contributed by atoms with Crippen molar-refractivity contribution in [1.29, 1.82) is 0 Å². The molecule has 1 atom stereocenters. The lowest BCUT2D eigenvalue weighted by molar-refractivity contribution is 0.412. The molecule has 5 heteroatoms. The quantitative estimate of drug-likeness (QED) is 0.788. The van der Waals surface area contributed by atoms with E-state index in [-0.39, 0.29) is 6.04 Å². The van der Waals surface area contributed by atoms with E-state index in [2.05, 4.69) is 22.8 Å². The van der Waals surface area contributed by atoms with Gasteiger partial charge in [0.05, 0.1) is 23.9 Å². The molecule has 2 aromatic rings. The molecule has 1 aliphatic rings. The van der Waals surface area contributed by atoms with E-state index < -0.39 is 0 Å². The summed E-state index contributed by atoms with van der Waals surface area (Å²) in [6.07, 6.45) is 3.27. The summed E-state index contributed by atoms with van der Waals surface area (Å²) in [7, 11) is 1.70. The van der Waals surface area contributed by atoms with Gasteiger partial charge in [0, 0.05) is 0 Å². The number of hydrogen-bond donors (Lipinski definition) is 2. The molecular formula is C18H19ClN2OS. The van der Waals surface area contributed by atoms with Crippen LogP contribution in [0.25, 0.3) is 0 Å². The average Bonchev–Trinajstić information content (AvgIpc) is 2.56. The number of fused-ring (bicyclic) bond motifs is 1. The minimum absolute atomic E-state index is 0.215. The highest BCUT2D eigenvalue weighted by Crippen LogP contribution is 2.32. The zero-order valence-corrected chi connectivity index (χ0v) is 14.5. The molecule has 0 saturated carbocycles. The number of halogens is 1. The molecule has 0 bridgehead atoms. The summed E-state index contributed by atoms with van der Waals surface area (Å²) in [5, 5.41) is 7.83. The fraction of sp³-hybridized carbons (Fsp3) is 0.278. The smallest absolute Gasteiger partial charge is 0.171 e. The van der Waals surface area contributed by atoms with Crippen molar-refractivity contribution in [3.05, 3.63) is 58.6 Å². The van der Waals surface area contributed by atoms with Crippen LogP contribution in [0.4, 0.5) is 5.69 Å². The summed E-state index contributed by atoms with van der Waals surface area (Å²) >= 11 is 11.6. The highest BCUT2D eigenvalue weighted by Gasteiger charge is 2.21. The Morgan fingerprint density at radius 3 is 2.87 bits per heavy atom. The van der Waals surface area contributed by atoms with Crippen molar-refractivity contribution in [2.75, 3.05) is 12.4 Å². The Labute approximate surface area is 147 Å². The minimum atomic E-state index is 0.215. The van der Waals surface area contributed by atoms with Gasteiger partial charge in [-0.1, -0.05) is 29.8 Å². The number of methoxy groups -OCH3 is 1. The zero-order valence-electron chi connectivity index (χ0n) is 12.9. The standard InChI is InChI=1S/C18H19ClN2OS/c1-22-13-9-10-14-12(11-13)5-4-8-16(14)20-18(23)21-17-7-3-2-6-15(17)19/h2-3,6-7,9-11,16H,4-5,8H2,1H3,(H2,20,21,23)/t16-/m1/s1. The van der Waals surface area contributed by atoms with E-state index in [0.29, 0.717) is 10.1 Å². The van der Waals surface area contributed by atoms with Crippen molar-refractivity contribution < 1.29 is 4.74 Å². The van der Waals surface area contributed by atoms with Crippen molar-refractivity contribution >= 4 is 34.6 Å². The summed E-state index contributed by atoms with van der Waals surface area (Å²) < 4.78 is 5.32. The maximum atomic E-state index is 6.16. The number of ether oxygens (including phenoxy) is 1. The van der Waals surface area contributed by atoms with E-state index in [1.54, 1.807) is 7.11 Å². The molecule has 0 fully saturated rings. The van der Waals surface area contributed by atoms with Gasteiger partial charge in [-0.25, -0.2) is 0 Å². The predicted octanol–water partition coefficient (Wildman–Crippen LogP) is 4.71.